The second-order valence-corrected chi connectivity index (χ2v) is 5.13. The molecule has 1 aromatic heterocycles. The van der Waals surface area contributed by atoms with Gasteiger partial charge in [-0.1, -0.05) is 24.9 Å². The Labute approximate surface area is 106 Å². The van der Waals surface area contributed by atoms with Crippen LogP contribution in [-0.4, -0.2) is 23.4 Å². The van der Waals surface area contributed by atoms with Gasteiger partial charge in [-0.25, -0.2) is 0 Å². The minimum atomic E-state index is 0.403. The smallest absolute Gasteiger partial charge is 0.240 e. The maximum Gasteiger partial charge on any atom is 0.240 e. The molecule has 0 spiro atoms. The third-order valence-corrected chi connectivity index (χ3v) is 3.60. The van der Waals surface area contributed by atoms with Crippen LogP contribution in [0.4, 0.5) is 0 Å². The Kier molecular flexibility index (Phi) is 3.21. The predicted octanol–water partition coefficient (Wildman–Crippen LogP) is 2.71. The molecule has 0 N–H and O–H groups in total. The third-order valence-electron chi connectivity index (χ3n) is 3.60. The molecule has 3 rings (SSSR count). The van der Waals surface area contributed by atoms with Gasteiger partial charge in [0.15, 0.2) is 0 Å². The van der Waals surface area contributed by atoms with Gasteiger partial charge in [-0.15, -0.1) is 0 Å². The molecule has 1 aromatic rings. The average Bonchev–Trinajstić information content (AvgIpc) is 2.89. The van der Waals surface area contributed by atoms with Crippen molar-refractivity contribution in [2.45, 2.75) is 38.5 Å². The van der Waals surface area contributed by atoms with Crippen LogP contribution >= 0.6 is 0 Å². The molecule has 98 valence electrons. The van der Waals surface area contributed by atoms with Crippen LogP contribution in [0.2, 0.25) is 0 Å². The van der Waals surface area contributed by atoms with E-state index in [-0.39, 0.29) is 0 Å². The standard InChI is InChI=1S/C13H18N2O3/c1-9-3-2-4-10(7-9)13-14-12(15-18-13)11-8-16-5-6-17-11/h8-10H,2-7H2,1H3. The molecule has 2 atom stereocenters. The molecule has 1 saturated carbocycles. The van der Waals surface area contributed by atoms with Crippen molar-refractivity contribution in [1.82, 2.24) is 10.1 Å². The van der Waals surface area contributed by atoms with E-state index in [1.807, 2.05) is 0 Å². The zero-order valence-electron chi connectivity index (χ0n) is 10.6. The first-order chi connectivity index (χ1) is 8.83. The third kappa shape index (κ3) is 2.35. The average molecular weight is 250 g/mol. The molecule has 1 aliphatic carbocycles. The molecule has 0 saturated heterocycles. The molecule has 0 amide bonds. The Balaban J connectivity index is 1.74. The fraction of sp³-hybridized carbons (Fsp3) is 0.692. The van der Waals surface area contributed by atoms with Crippen LogP contribution in [0.15, 0.2) is 10.8 Å². The lowest BCUT2D eigenvalue weighted by molar-refractivity contribution is 0.124. The topological polar surface area (TPSA) is 57.4 Å². The highest BCUT2D eigenvalue weighted by Gasteiger charge is 2.26. The van der Waals surface area contributed by atoms with Gasteiger partial charge in [-0.3, -0.25) is 0 Å². The predicted molar refractivity (Wildman–Crippen MR) is 64.6 cm³/mol. The minimum Gasteiger partial charge on any atom is -0.494 e. The largest absolute Gasteiger partial charge is 0.494 e. The minimum absolute atomic E-state index is 0.403. The van der Waals surface area contributed by atoms with Crippen molar-refractivity contribution in [3.63, 3.8) is 0 Å². The van der Waals surface area contributed by atoms with Crippen molar-refractivity contribution < 1.29 is 14.0 Å². The molecule has 5 heteroatoms. The van der Waals surface area contributed by atoms with Crippen molar-refractivity contribution in [1.29, 1.82) is 0 Å². The quantitative estimate of drug-likeness (QED) is 0.807. The molecule has 0 bridgehead atoms. The van der Waals surface area contributed by atoms with Gasteiger partial charge in [0.25, 0.3) is 0 Å². The zero-order chi connectivity index (χ0) is 12.4. The summed E-state index contributed by atoms with van der Waals surface area (Å²) < 4.78 is 16.0. The first-order valence-corrected chi connectivity index (χ1v) is 6.61. The highest BCUT2D eigenvalue weighted by molar-refractivity contribution is 5.51. The number of rotatable bonds is 2. The summed E-state index contributed by atoms with van der Waals surface area (Å²) in [6.07, 6.45) is 6.38. The summed E-state index contributed by atoms with van der Waals surface area (Å²) in [5.74, 6) is 2.96. The van der Waals surface area contributed by atoms with Gasteiger partial charge in [0.2, 0.25) is 17.5 Å². The number of aromatic nitrogens is 2. The fourth-order valence-corrected chi connectivity index (χ4v) is 2.65. The number of nitrogens with zero attached hydrogens (tertiary/aromatic N) is 2. The molecule has 2 heterocycles. The van der Waals surface area contributed by atoms with Crippen LogP contribution < -0.4 is 0 Å². The normalized spacial score (nSPS) is 28.2. The first-order valence-electron chi connectivity index (χ1n) is 6.61. The fourth-order valence-electron chi connectivity index (χ4n) is 2.65. The Morgan fingerprint density at radius 2 is 2.22 bits per heavy atom. The molecule has 2 unspecified atom stereocenters. The van der Waals surface area contributed by atoms with Gasteiger partial charge < -0.3 is 14.0 Å². The highest BCUT2D eigenvalue weighted by Crippen LogP contribution is 2.35. The Morgan fingerprint density at radius 1 is 1.28 bits per heavy atom. The molecule has 18 heavy (non-hydrogen) atoms. The van der Waals surface area contributed by atoms with Crippen molar-refractivity contribution >= 4 is 5.76 Å². The van der Waals surface area contributed by atoms with E-state index in [0.717, 1.165) is 24.7 Å². The van der Waals surface area contributed by atoms with E-state index >= 15 is 0 Å². The van der Waals surface area contributed by atoms with Crippen molar-refractivity contribution in [2.75, 3.05) is 13.2 Å². The monoisotopic (exact) mass is 250 g/mol. The van der Waals surface area contributed by atoms with Gasteiger partial charge in [0.1, 0.15) is 19.5 Å². The maximum atomic E-state index is 5.44. The number of ether oxygens (including phenoxy) is 2. The van der Waals surface area contributed by atoms with Gasteiger partial charge in [-0.05, 0) is 18.8 Å². The van der Waals surface area contributed by atoms with Crippen LogP contribution in [0.5, 0.6) is 0 Å². The van der Waals surface area contributed by atoms with Gasteiger partial charge >= 0.3 is 0 Å². The summed E-state index contributed by atoms with van der Waals surface area (Å²) in [6, 6.07) is 0. The Morgan fingerprint density at radius 3 is 3.00 bits per heavy atom. The van der Waals surface area contributed by atoms with Crippen molar-refractivity contribution in [3.8, 4) is 0 Å². The van der Waals surface area contributed by atoms with E-state index in [1.165, 1.54) is 12.8 Å². The van der Waals surface area contributed by atoms with Gasteiger partial charge in [0, 0.05) is 5.92 Å². The Bertz CT molecular complexity index is 441. The van der Waals surface area contributed by atoms with Crippen molar-refractivity contribution in [3.05, 3.63) is 18.0 Å². The van der Waals surface area contributed by atoms with E-state index in [4.69, 9.17) is 14.0 Å². The summed E-state index contributed by atoms with van der Waals surface area (Å²) in [6.45, 7) is 3.40. The summed E-state index contributed by atoms with van der Waals surface area (Å²) in [4.78, 5) is 4.44. The van der Waals surface area contributed by atoms with E-state index in [2.05, 4.69) is 17.1 Å². The van der Waals surface area contributed by atoms with Crippen LogP contribution in [0.3, 0.4) is 0 Å². The Hall–Kier alpha value is -1.52. The van der Waals surface area contributed by atoms with Gasteiger partial charge in [0.05, 0.1) is 0 Å². The summed E-state index contributed by atoms with van der Waals surface area (Å²) in [7, 11) is 0. The molecule has 1 aliphatic heterocycles. The second kappa shape index (κ2) is 5.00. The summed E-state index contributed by atoms with van der Waals surface area (Å²) >= 11 is 0. The molecule has 0 aromatic carbocycles. The van der Waals surface area contributed by atoms with Crippen LogP contribution in [0.25, 0.3) is 5.76 Å². The lowest BCUT2D eigenvalue weighted by Gasteiger charge is -2.23. The molecule has 0 radical (unpaired) electrons. The molecular formula is C13H18N2O3. The lowest BCUT2D eigenvalue weighted by Crippen LogP contribution is -2.12. The second-order valence-electron chi connectivity index (χ2n) is 5.13. The summed E-state index contributed by atoms with van der Waals surface area (Å²) in [5, 5.41) is 3.98. The molecule has 2 aliphatic rings. The highest BCUT2D eigenvalue weighted by atomic mass is 16.6. The van der Waals surface area contributed by atoms with Crippen LogP contribution in [0.1, 0.15) is 50.2 Å². The van der Waals surface area contributed by atoms with E-state index < -0.39 is 0 Å². The molecular weight excluding hydrogens is 232 g/mol. The first kappa shape index (κ1) is 11.6. The number of hydrogen-bond acceptors (Lipinski definition) is 5. The van der Waals surface area contributed by atoms with E-state index in [1.54, 1.807) is 6.26 Å². The van der Waals surface area contributed by atoms with E-state index in [9.17, 15) is 0 Å². The SMILES string of the molecule is CC1CCCC(c2nc(C3=COCCO3)no2)C1. The summed E-state index contributed by atoms with van der Waals surface area (Å²) in [5.41, 5.74) is 0. The van der Waals surface area contributed by atoms with Crippen LogP contribution in [-0.2, 0) is 9.47 Å². The maximum absolute atomic E-state index is 5.44. The van der Waals surface area contributed by atoms with Gasteiger partial charge in [-0.2, -0.15) is 4.98 Å². The molecule has 1 fully saturated rings. The van der Waals surface area contributed by atoms with Crippen LogP contribution in [0, 0.1) is 5.92 Å². The molecule has 5 nitrogen and oxygen atoms in total. The van der Waals surface area contributed by atoms with Crippen molar-refractivity contribution in [2.24, 2.45) is 5.92 Å². The van der Waals surface area contributed by atoms with E-state index in [0.29, 0.717) is 30.7 Å². The zero-order valence-corrected chi connectivity index (χ0v) is 10.6. The lowest BCUT2D eigenvalue weighted by atomic mass is 9.82. The number of hydrogen-bond donors (Lipinski definition) is 0.